The number of ether oxygens (including phenoxy) is 1. The van der Waals surface area contributed by atoms with Crippen LogP contribution in [0.5, 0.6) is 0 Å². The summed E-state index contributed by atoms with van der Waals surface area (Å²) in [5.41, 5.74) is 0. The molecule has 0 radical (unpaired) electrons. The topological polar surface area (TPSA) is 55.4 Å². The van der Waals surface area contributed by atoms with E-state index in [9.17, 15) is 0 Å². The molecule has 0 aliphatic carbocycles. The molecule has 128 valence electrons. The van der Waals surface area contributed by atoms with Crippen LogP contribution in [-0.2, 0) is 28.0 Å². The normalized spacial score (nSPS) is 36.3. The summed E-state index contributed by atoms with van der Waals surface area (Å²) < 4.78 is 36.2. The Morgan fingerprint density at radius 2 is 1.83 bits per heavy atom. The molecule has 3 aliphatic rings. The van der Waals surface area contributed by atoms with Crippen LogP contribution >= 0.6 is 0 Å². The van der Waals surface area contributed by atoms with Crippen molar-refractivity contribution in [2.75, 3.05) is 13.2 Å². The molecule has 4 atom stereocenters. The van der Waals surface area contributed by atoms with Crippen LogP contribution in [0.4, 0.5) is 0 Å². The molecule has 3 fully saturated rings. The van der Waals surface area contributed by atoms with Crippen molar-refractivity contribution in [3.63, 3.8) is 0 Å². The van der Waals surface area contributed by atoms with Gasteiger partial charge in [0.05, 0.1) is 13.2 Å². The van der Waals surface area contributed by atoms with Crippen molar-refractivity contribution in [1.82, 2.24) is 0 Å². The van der Waals surface area contributed by atoms with Crippen LogP contribution in [0.1, 0.15) is 27.7 Å². The van der Waals surface area contributed by atoms with Gasteiger partial charge in [-0.25, -0.2) is 0 Å². The second-order valence-corrected chi connectivity index (χ2v) is 6.50. The van der Waals surface area contributed by atoms with Crippen molar-refractivity contribution >= 4 is 21.2 Å². The van der Waals surface area contributed by atoms with E-state index in [4.69, 9.17) is 28.0 Å². The van der Waals surface area contributed by atoms with Crippen LogP contribution in [0.3, 0.4) is 0 Å². The van der Waals surface area contributed by atoms with Gasteiger partial charge < -0.3 is 28.0 Å². The molecule has 9 heteroatoms. The molecule has 3 saturated heterocycles. The van der Waals surface area contributed by atoms with Gasteiger partial charge in [-0.15, -0.1) is 0 Å². The minimum atomic E-state index is -0.870. The zero-order valence-corrected chi connectivity index (χ0v) is 14.7. The Morgan fingerprint density at radius 1 is 1.09 bits per heavy atom. The average Bonchev–Trinajstić information content (AvgIpc) is 3.07. The van der Waals surface area contributed by atoms with Gasteiger partial charge in [0.15, 0.2) is 0 Å². The van der Waals surface area contributed by atoms with E-state index in [1.54, 1.807) is 0 Å². The molecule has 0 amide bonds. The highest BCUT2D eigenvalue weighted by Crippen LogP contribution is 2.44. The number of hydrogen-bond acceptors (Lipinski definition) is 6. The smallest absolute Gasteiger partial charge is 0.430 e. The van der Waals surface area contributed by atoms with Crippen molar-refractivity contribution in [3.8, 4) is 0 Å². The Hall–Kier alpha value is -0.0452. The fourth-order valence-electron chi connectivity index (χ4n) is 3.53. The van der Waals surface area contributed by atoms with Crippen LogP contribution < -0.4 is 0 Å². The summed E-state index contributed by atoms with van der Waals surface area (Å²) >= 11 is 0. The van der Waals surface area contributed by atoms with Crippen LogP contribution in [0.2, 0.25) is 25.3 Å². The van der Waals surface area contributed by atoms with Crippen molar-refractivity contribution in [1.29, 1.82) is 0 Å². The zero-order chi connectivity index (χ0) is 16.4. The Kier molecular flexibility index (Phi) is 5.76. The molecular weight excluding hydrogens is 297 g/mol. The quantitative estimate of drug-likeness (QED) is 0.668. The van der Waals surface area contributed by atoms with E-state index in [1.165, 1.54) is 0 Å². The molecular formula is C14H27B3O6. The number of rotatable bonds is 7. The highest BCUT2D eigenvalue weighted by Gasteiger charge is 2.65. The summed E-state index contributed by atoms with van der Waals surface area (Å²) in [6.07, 6.45) is 2.95. The first-order valence-electron chi connectivity index (χ1n) is 9.05. The molecule has 3 rings (SSSR count). The summed E-state index contributed by atoms with van der Waals surface area (Å²) in [4.78, 5) is 0. The molecule has 0 bridgehead atoms. The summed E-state index contributed by atoms with van der Waals surface area (Å²) in [7, 11) is -0.461. The van der Waals surface area contributed by atoms with Crippen LogP contribution in [0.25, 0.3) is 0 Å². The van der Waals surface area contributed by atoms with E-state index >= 15 is 0 Å². The Labute approximate surface area is 140 Å². The summed E-state index contributed by atoms with van der Waals surface area (Å²) in [5.74, 6) is -0.870. The molecule has 23 heavy (non-hydrogen) atoms. The van der Waals surface area contributed by atoms with Crippen molar-refractivity contribution in [2.24, 2.45) is 0 Å². The Morgan fingerprint density at radius 3 is 2.48 bits per heavy atom. The van der Waals surface area contributed by atoms with Gasteiger partial charge in [-0.3, -0.25) is 0 Å². The van der Waals surface area contributed by atoms with E-state index in [2.05, 4.69) is 13.8 Å². The molecule has 6 nitrogen and oxygen atoms in total. The molecule has 0 aromatic heterocycles. The molecule has 3 heterocycles. The minimum absolute atomic E-state index is 0.157. The molecule has 0 saturated carbocycles. The fraction of sp³-hybridized carbons (Fsp3) is 1.00. The van der Waals surface area contributed by atoms with Gasteiger partial charge in [0.25, 0.3) is 6.92 Å². The van der Waals surface area contributed by atoms with E-state index in [1.807, 2.05) is 13.8 Å². The highest BCUT2D eigenvalue weighted by atomic mass is 16.8. The molecule has 0 aromatic rings. The maximum absolute atomic E-state index is 6.22. The second kappa shape index (κ2) is 7.46. The third-order valence-electron chi connectivity index (χ3n) is 4.93. The molecule has 0 aromatic carbocycles. The first-order valence-corrected chi connectivity index (χ1v) is 9.05. The van der Waals surface area contributed by atoms with Gasteiger partial charge in [-0.2, -0.15) is 0 Å². The largest absolute Gasteiger partial charge is 0.459 e. The average molecular weight is 324 g/mol. The number of fused-ring (bicyclic) bond motifs is 3. The van der Waals surface area contributed by atoms with Crippen molar-refractivity contribution in [3.05, 3.63) is 0 Å². The Bertz CT molecular complexity index is 399. The molecule has 3 aliphatic heterocycles. The molecule has 4 unspecified atom stereocenters. The van der Waals surface area contributed by atoms with Gasteiger partial charge in [0, 0.05) is 0 Å². The van der Waals surface area contributed by atoms with E-state index in [0.717, 1.165) is 25.3 Å². The molecule has 0 spiro atoms. The van der Waals surface area contributed by atoms with Gasteiger partial charge in [-0.1, -0.05) is 40.3 Å². The minimum Gasteiger partial charge on any atom is -0.430 e. The molecule has 0 N–H and O–H groups in total. The maximum atomic E-state index is 6.22. The lowest BCUT2D eigenvalue weighted by Crippen LogP contribution is -2.49. The standard InChI is InChI=1S/C14H27B3O6/c1-5-15(6-2)19-10-14-13(22-17(8-4)23-14)12-11(20-14)9-18-16(7-3)21-12/h11-13H,5-10H2,1-4H3. The first-order chi connectivity index (χ1) is 11.2. The maximum Gasteiger partial charge on any atom is 0.459 e. The van der Waals surface area contributed by atoms with Crippen LogP contribution in [0.15, 0.2) is 0 Å². The van der Waals surface area contributed by atoms with Crippen molar-refractivity contribution < 1.29 is 28.0 Å². The third-order valence-corrected chi connectivity index (χ3v) is 4.93. The predicted octanol–water partition coefficient (Wildman–Crippen LogP) is 1.98. The van der Waals surface area contributed by atoms with Crippen molar-refractivity contribution in [2.45, 2.75) is 77.1 Å². The van der Waals surface area contributed by atoms with Crippen LogP contribution in [0, 0.1) is 0 Å². The lowest BCUT2D eigenvalue weighted by atomic mass is 9.62. The Balaban J connectivity index is 1.73. The van der Waals surface area contributed by atoms with Gasteiger partial charge in [0.1, 0.15) is 18.3 Å². The van der Waals surface area contributed by atoms with E-state index < -0.39 is 5.79 Å². The van der Waals surface area contributed by atoms with Gasteiger partial charge >= 0.3 is 14.2 Å². The number of hydrogen-bond donors (Lipinski definition) is 0. The lowest BCUT2D eigenvalue weighted by Gasteiger charge is -2.31. The van der Waals surface area contributed by atoms with E-state index in [-0.39, 0.29) is 39.5 Å². The van der Waals surface area contributed by atoms with Gasteiger partial charge in [0.2, 0.25) is 5.79 Å². The SMILES string of the molecule is CCB(CC)OCC12OB(CC)OC1C1OB(CC)OCC1O2. The summed E-state index contributed by atoms with van der Waals surface area (Å²) in [5, 5.41) is 0. The highest BCUT2D eigenvalue weighted by molar-refractivity contribution is 6.51. The zero-order valence-electron chi connectivity index (χ0n) is 14.7. The van der Waals surface area contributed by atoms with Crippen LogP contribution in [-0.4, -0.2) is 58.5 Å². The predicted molar refractivity (Wildman–Crippen MR) is 89.5 cm³/mol. The summed E-state index contributed by atoms with van der Waals surface area (Å²) in [6.45, 7) is 9.43. The first kappa shape index (κ1) is 17.8. The lowest BCUT2D eigenvalue weighted by molar-refractivity contribution is -0.199. The monoisotopic (exact) mass is 324 g/mol. The summed E-state index contributed by atoms with van der Waals surface area (Å²) in [6, 6.07) is 0. The van der Waals surface area contributed by atoms with Gasteiger partial charge in [-0.05, 0) is 12.6 Å². The second-order valence-electron chi connectivity index (χ2n) is 6.50. The fourth-order valence-corrected chi connectivity index (χ4v) is 3.53. The van der Waals surface area contributed by atoms with E-state index in [0.29, 0.717) is 13.2 Å². The third kappa shape index (κ3) is 3.37.